The fraction of sp³-hybridized carbons (Fsp3) is 0.467. The molecule has 1 fully saturated rings. The average molecular weight is 276 g/mol. The van der Waals surface area contributed by atoms with Gasteiger partial charge in [-0.05, 0) is 37.4 Å². The summed E-state index contributed by atoms with van der Waals surface area (Å²) in [6.07, 6.45) is 2.46. The van der Waals surface area contributed by atoms with E-state index in [4.69, 9.17) is 0 Å². The summed E-state index contributed by atoms with van der Waals surface area (Å²) in [7, 11) is 0. The third-order valence-electron chi connectivity index (χ3n) is 3.56. The van der Waals surface area contributed by atoms with Crippen molar-refractivity contribution in [3.8, 4) is 0 Å². The highest BCUT2D eigenvalue weighted by atomic mass is 16.4. The third kappa shape index (κ3) is 4.06. The van der Waals surface area contributed by atoms with Gasteiger partial charge in [0.1, 0.15) is 0 Å². The van der Waals surface area contributed by atoms with Crippen LogP contribution in [-0.2, 0) is 9.59 Å². The van der Waals surface area contributed by atoms with Crippen LogP contribution in [0.5, 0.6) is 0 Å². The van der Waals surface area contributed by atoms with Crippen LogP contribution in [0, 0.1) is 5.92 Å². The molecule has 2 atom stereocenters. The largest absolute Gasteiger partial charge is 0.479 e. The maximum Gasteiger partial charge on any atom is 0.330 e. The number of carbonyl (C=O) groups excluding carboxylic acids is 1. The van der Waals surface area contributed by atoms with E-state index in [-0.39, 0.29) is 5.91 Å². The van der Waals surface area contributed by atoms with Crippen molar-refractivity contribution >= 4 is 11.9 Å². The summed E-state index contributed by atoms with van der Waals surface area (Å²) in [5, 5.41) is 15.1. The summed E-state index contributed by atoms with van der Waals surface area (Å²) in [5.41, 5.74) is 0.593. The van der Waals surface area contributed by atoms with Crippen molar-refractivity contribution in [2.75, 3.05) is 13.1 Å². The third-order valence-corrected chi connectivity index (χ3v) is 3.56. The number of rotatable bonds is 5. The number of hydrogen-bond donors (Lipinski definition) is 3. The highest BCUT2D eigenvalue weighted by Crippen LogP contribution is 2.16. The smallest absolute Gasteiger partial charge is 0.330 e. The summed E-state index contributed by atoms with van der Waals surface area (Å²) in [6, 6.07) is 7.80. The van der Waals surface area contributed by atoms with Crippen LogP contribution in [0.4, 0.5) is 0 Å². The number of nitrogens with one attached hydrogen (secondary N) is 2. The number of aliphatic carboxylic acids is 1. The molecule has 1 heterocycles. The summed E-state index contributed by atoms with van der Waals surface area (Å²) in [4.78, 5) is 23.3. The Labute approximate surface area is 118 Å². The van der Waals surface area contributed by atoms with E-state index < -0.39 is 12.0 Å². The van der Waals surface area contributed by atoms with E-state index >= 15 is 0 Å². The predicted octanol–water partition coefficient (Wildman–Crippen LogP) is 1.32. The Bertz CT molecular complexity index is 455. The molecule has 1 aromatic rings. The van der Waals surface area contributed by atoms with E-state index in [0.717, 1.165) is 25.9 Å². The molecular formula is C15H20N2O3. The monoisotopic (exact) mass is 276 g/mol. The van der Waals surface area contributed by atoms with Gasteiger partial charge in [0, 0.05) is 6.42 Å². The van der Waals surface area contributed by atoms with Crippen LogP contribution >= 0.6 is 0 Å². The second-order valence-corrected chi connectivity index (χ2v) is 5.17. The summed E-state index contributed by atoms with van der Waals surface area (Å²) < 4.78 is 0. The standard InChI is InChI=1S/C15H20N2O3/c18-13(9-11-5-4-8-16-10-11)17-14(15(19)20)12-6-2-1-3-7-12/h1-3,6-7,11,14,16H,4-5,8-10H2,(H,17,18)(H,19,20)/t11?,14-/m0/s1. The molecule has 0 aromatic heterocycles. The minimum atomic E-state index is -1.04. The van der Waals surface area contributed by atoms with Crippen molar-refractivity contribution in [2.24, 2.45) is 5.92 Å². The van der Waals surface area contributed by atoms with E-state index in [1.807, 2.05) is 6.07 Å². The molecular weight excluding hydrogens is 256 g/mol. The molecule has 0 aliphatic carbocycles. The maximum atomic E-state index is 12.0. The number of amides is 1. The number of carboxylic acids is 1. The van der Waals surface area contributed by atoms with Gasteiger partial charge in [-0.15, -0.1) is 0 Å². The zero-order chi connectivity index (χ0) is 14.4. The van der Waals surface area contributed by atoms with E-state index in [1.165, 1.54) is 0 Å². The second kappa shape index (κ2) is 7.05. The number of carboxylic acid groups (broad SMARTS) is 1. The van der Waals surface area contributed by atoms with Crippen molar-refractivity contribution in [1.82, 2.24) is 10.6 Å². The van der Waals surface area contributed by atoms with Crippen LogP contribution in [0.1, 0.15) is 30.9 Å². The fourth-order valence-electron chi connectivity index (χ4n) is 2.51. The van der Waals surface area contributed by atoms with Gasteiger partial charge in [-0.25, -0.2) is 4.79 Å². The highest BCUT2D eigenvalue weighted by Gasteiger charge is 2.24. The van der Waals surface area contributed by atoms with Gasteiger partial charge in [-0.1, -0.05) is 30.3 Å². The number of benzene rings is 1. The van der Waals surface area contributed by atoms with Crippen LogP contribution in [0.25, 0.3) is 0 Å². The molecule has 1 aliphatic rings. The van der Waals surface area contributed by atoms with Crippen molar-refractivity contribution in [2.45, 2.75) is 25.3 Å². The number of carbonyl (C=O) groups is 2. The molecule has 0 radical (unpaired) electrons. The van der Waals surface area contributed by atoms with Gasteiger partial charge in [0.2, 0.25) is 5.91 Å². The number of piperidine rings is 1. The van der Waals surface area contributed by atoms with Gasteiger partial charge in [0.25, 0.3) is 0 Å². The molecule has 1 amide bonds. The van der Waals surface area contributed by atoms with Crippen LogP contribution in [0.2, 0.25) is 0 Å². The van der Waals surface area contributed by atoms with E-state index in [0.29, 0.717) is 17.9 Å². The Hall–Kier alpha value is -1.88. The van der Waals surface area contributed by atoms with Gasteiger partial charge in [-0.2, -0.15) is 0 Å². The lowest BCUT2D eigenvalue weighted by Crippen LogP contribution is -2.37. The topological polar surface area (TPSA) is 78.4 Å². The molecule has 1 aliphatic heterocycles. The summed E-state index contributed by atoms with van der Waals surface area (Å²) >= 11 is 0. The first-order valence-electron chi connectivity index (χ1n) is 6.94. The Kier molecular flexibility index (Phi) is 5.12. The zero-order valence-electron chi connectivity index (χ0n) is 11.3. The SMILES string of the molecule is O=C(CC1CCCNC1)N[C@H](C(=O)O)c1ccccc1. The molecule has 5 heteroatoms. The van der Waals surface area contributed by atoms with Gasteiger partial charge in [-0.3, -0.25) is 4.79 Å². The molecule has 5 nitrogen and oxygen atoms in total. The van der Waals surface area contributed by atoms with E-state index in [9.17, 15) is 14.7 Å². The van der Waals surface area contributed by atoms with Crippen LogP contribution in [0.3, 0.4) is 0 Å². The van der Waals surface area contributed by atoms with Crippen molar-refractivity contribution in [3.05, 3.63) is 35.9 Å². The fourth-order valence-corrected chi connectivity index (χ4v) is 2.51. The molecule has 2 rings (SSSR count). The highest BCUT2D eigenvalue weighted by molar-refractivity contribution is 5.84. The normalized spacial score (nSPS) is 20.1. The molecule has 1 aromatic carbocycles. The molecule has 3 N–H and O–H groups in total. The lowest BCUT2D eigenvalue weighted by atomic mass is 9.95. The first kappa shape index (κ1) is 14.5. The summed E-state index contributed by atoms with van der Waals surface area (Å²) in [6.45, 7) is 1.83. The van der Waals surface area contributed by atoms with Crippen LogP contribution in [-0.4, -0.2) is 30.1 Å². The maximum absolute atomic E-state index is 12.0. The van der Waals surface area contributed by atoms with Crippen LogP contribution in [0.15, 0.2) is 30.3 Å². The quantitative estimate of drug-likeness (QED) is 0.758. The van der Waals surface area contributed by atoms with E-state index in [1.54, 1.807) is 24.3 Å². The lowest BCUT2D eigenvalue weighted by molar-refractivity contribution is -0.142. The lowest BCUT2D eigenvalue weighted by Gasteiger charge is -2.23. The molecule has 20 heavy (non-hydrogen) atoms. The molecule has 0 bridgehead atoms. The Morgan fingerprint density at radius 1 is 1.35 bits per heavy atom. The molecule has 108 valence electrons. The Balaban J connectivity index is 1.94. The molecule has 0 saturated carbocycles. The first-order valence-corrected chi connectivity index (χ1v) is 6.94. The molecule has 1 unspecified atom stereocenters. The van der Waals surface area contributed by atoms with Gasteiger partial charge in [0.05, 0.1) is 0 Å². The Morgan fingerprint density at radius 3 is 2.70 bits per heavy atom. The first-order chi connectivity index (χ1) is 9.66. The Morgan fingerprint density at radius 2 is 2.10 bits per heavy atom. The van der Waals surface area contributed by atoms with Crippen molar-refractivity contribution in [1.29, 1.82) is 0 Å². The van der Waals surface area contributed by atoms with Gasteiger partial charge in [0.15, 0.2) is 6.04 Å². The van der Waals surface area contributed by atoms with Crippen molar-refractivity contribution < 1.29 is 14.7 Å². The second-order valence-electron chi connectivity index (χ2n) is 5.17. The summed E-state index contributed by atoms with van der Waals surface area (Å²) in [5.74, 6) is -0.935. The van der Waals surface area contributed by atoms with Gasteiger partial charge >= 0.3 is 5.97 Å². The zero-order valence-corrected chi connectivity index (χ0v) is 11.3. The predicted molar refractivity (Wildman–Crippen MR) is 75.2 cm³/mol. The van der Waals surface area contributed by atoms with Crippen molar-refractivity contribution in [3.63, 3.8) is 0 Å². The minimum absolute atomic E-state index is 0.199. The van der Waals surface area contributed by atoms with Crippen LogP contribution < -0.4 is 10.6 Å². The minimum Gasteiger partial charge on any atom is -0.479 e. The molecule has 1 saturated heterocycles. The molecule has 0 spiro atoms. The number of hydrogen-bond acceptors (Lipinski definition) is 3. The van der Waals surface area contributed by atoms with Gasteiger partial charge < -0.3 is 15.7 Å². The van der Waals surface area contributed by atoms with E-state index in [2.05, 4.69) is 10.6 Å². The average Bonchev–Trinajstić information content (AvgIpc) is 2.46.